The summed E-state index contributed by atoms with van der Waals surface area (Å²) in [7, 11) is 0. The van der Waals surface area contributed by atoms with Gasteiger partial charge in [0.1, 0.15) is 0 Å². The van der Waals surface area contributed by atoms with Crippen LogP contribution in [0, 0.1) is 0 Å². The Kier molecular flexibility index (Phi) is 13.8. The molecular weight excluding hydrogens is 494 g/mol. The van der Waals surface area contributed by atoms with Crippen LogP contribution in [0.4, 0.5) is 0 Å². The van der Waals surface area contributed by atoms with E-state index in [-0.39, 0.29) is 18.2 Å². The maximum Gasteiger partial charge on any atom is 0.343 e. The van der Waals surface area contributed by atoms with E-state index < -0.39 is 11.9 Å². The van der Waals surface area contributed by atoms with Gasteiger partial charge in [-0.05, 0) is 61.4 Å². The van der Waals surface area contributed by atoms with E-state index in [0.29, 0.717) is 34.9 Å². The maximum absolute atomic E-state index is 12.4. The molecule has 0 fully saturated rings. The van der Waals surface area contributed by atoms with E-state index in [9.17, 15) is 14.4 Å². The minimum atomic E-state index is -0.541. The molecular formula is C28H36ClN3O5. The number of halogens is 1. The first-order valence-electron chi connectivity index (χ1n) is 12.8. The Bertz CT molecular complexity index is 1040. The van der Waals surface area contributed by atoms with Gasteiger partial charge in [-0.25, -0.2) is 10.2 Å². The summed E-state index contributed by atoms with van der Waals surface area (Å²) >= 11 is 5.86. The zero-order valence-electron chi connectivity index (χ0n) is 21.6. The normalized spacial score (nSPS) is 10.8. The van der Waals surface area contributed by atoms with Crippen molar-refractivity contribution in [2.45, 2.75) is 65.2 Å². The number of rotatable bonds is 16. The van der Waals surface area contributed by atoms with E-state index in [2.05, 4.69) is 22.8 Å². The molecule has 2 aromatic carbocycles. The Morgan fingerprint density at radius 1 is 0.892 bits per heavy atom. The lowest BCUT2D eigenvalue weighted by atomic mass is 10.1. The van der Waals surface area contributed by atoms with Crippen LogP contribution in [0.25, 0.3) is 0 Å². The van der Waals surface area contributed by atoms with Crippen LogP contribution in [0.5, 0.6) is 11.5 Å². The van der Waals surface area contributed by atoms with Gasteiger partial charge in [-0.3, -0.25) is 9.59 Å². The average molecular weight is 530 g/mol. The van der Waals surface area contributed by atoms with Crippen molar-refractivity contribution in [3.05, 3.63) is 58.6 Å². The Balaban J connectivity index is 1.78. The number of ether oxygens (including phenoxy) is 2. The molecule has 2 N–H and O–H groups in total. The standard InChI is InChI=1S/C28H36ClN3O5/c1-3-5-6-7-8-9-10-11-26(33)30-20-27(34)32-31-19-21-12-17-24(25(18-21)36-4-2)37-28(35)22-13-15-23(29)16-14-22/h12-19H,3-11,20H2,1-2H3,(H,30,33)(H,32,34)/b31-19-. The third-order valence-corrected chi connectivity index (χ3v) is 5.66. The number of hydrazone groups is 1. The van der Waals surface area contributed by atoms with Gasteiger partial charge in [0.25, 0.3) is 5.91 Å². The van der Waals surface area contributed by atoms with Gasteiger partial charge < -0.3 is 14.8 Å². The predicted molar refractivity (Wildman–Crippen MR) is 145 cm³/mol. The zero-order chi connectivity index (χ0) is 26.9. The van der Waals surface area contributed by atoms with Gasteiger partial charge >= 0.3 is 5.97 Å². The highest BCUT2D eigenvalue weighted by Crippen LogP contribution is 2.29. The second-order valence-corrected chi connectivity index (χ2v) is 8.91. The van der Waals surface area contributed by atoms with Gasteiger partial charge in [0, 0.05) is 11.4 Å². The summed E-state index contributed by atoms with van der Waals surface area (Å²) in [5.74, 6) is -0.495. The number of unbranched alkanes of at least 4 members (excludes halogenated alkanes) is 6. The molecule has 8 nitrogen and oxygen atoms in total. The van der Waals surface area contributed by atoms with Gasteiger partial charge in [-0.1, -0.05) is 57.0 Å². The number of nitrogens with one attached hydrogen (secondary N) is 2. The molecule has 0 atom stereocenters. The molecule has 37 heavy (non-hydrogen) atoms. The first kappa shape index (κ1) is 29.8. The minimum Gasteiger partial charge on any atom is -0.490 e. The van der Waals surface area contributed by atoms with Crippen LogP contribution in [0.2, 0.25) is 5.02 Å². The van der Waals surface area contributed by atoms with Crippen LogP contribution in [-0.4, -0.2) is 37.1 Å². The van der Waals surface area contributed by atoms with Crippen LogP contribution in [-0.2, 0) is 9.59 Å². The van der Waals surface area contributed by atoms with Crippen LogP contribution in [0.1, 0.15) is 81.1 Å². The van der Waals surface area contributed by atoms with E-state index in [4.69, 9.17) is 21.1 Å². The second-order valence-electron chi connectivity index (χ2n) is 8.48. The molecule has 0 saturated carbocycles. The lowest BCUT2D eigenvalue weighted by Crippen LogP contribution is -2.34. The van der Waals surface area contributed by atoms with E-state index >= 15 is 0 Å². The topological polar surface area (TPSA) is 106 Å². The molecule has 0 bridgehead atoms. The number of hydrogen-bond acceptors (Lipinski definition) is 6. The fourth-order valence-corrected chi connectivity index (χ4v) is 3.56. The highest BCUT2D eigenvalue weighted by Gasteiger charge is 2.13. The van der Waals surface area contributed by atoms with Crippen LogP contribution in [0.3, 0.4) is 0 Å². The maximum atomic E-state index is 12.4. The second kappa shape index (κ2) is 17.1. The third kappa shape index (κ3) is 11.9. The lowest BCUT2D eigenvalue weighted by Gasteiger charge is -2.11. The molecule has 0 radical (unpaired) electrons. The number of nitrogens with zero attached hydrogens (tertiary/aromatic N) is 1. The van der Waals surface area contributed by atoms with Crippen molar-refractivity contribution in [3.8, 4) is 11.5 Å². The molecule has 200 valence electrons. The Morgan fingerprint density at radius 3 is 2.30 bits per heavy atom. The zero-order valence-corrected chi connectivity index (χ0v) is 22.3. The van der Waals surface area contributed by atoms with Crippen LogP contribution in [0.15, 0.2) is 47.6 Å². The molecule has 0 aliphatic rings. The highest BCUT2D eigenvalue weighted by atomic mass is 35.5. The largest absolute Gasteiger partial charge is 0.490 e. The summed E-state index contributed by atoms with van der Waals surface area (Å²) in [5, 5.41) is 7.06. The summed E-state index contributed by atoms with van der Waals surface area (Å²) in [6.07, 6.45) is 9.78. The van der Waals surface area contributed by atoms with Crippen molar-refractivity contribution < 1.29 is 23.9 Å². The van der Waals surface area contributed by atoms with E-state index in [1.807, 2.05) is 6.92 Å². The fraction of sp³-hybridized carbons (Fsp3) is 0.429. The minimum absolute atomic E-state index is 0.141. The number of benzene rings is 2. The molecule has 0 heterocycles. The van der Waals surface area contributed by atoms with Gasteiger partial charge in [-0.2, -0.15) is 5.10 Å². The number of hydrogen-bond donors (Lipinski definition) is 2. The molecule has 2 amide bonds. The van der Waals surface area contributed by atoms with Crippen LogP contribution >= 0.6 is 11.6 Å². The summed E-state index contributed by atoms with van der Waals surface area (Å²) in [4.78, 5) is 36.3. The molecule has 0 aliphatic carbocycles. The third-order valence-electron chi connectivity index (χ3n) is 5.41. The van der Waals surface area contributed by atoms with Gasteiger partial charge in [0.15, 0.2) is 11.5 Å². The molecule has 0 aromatic heterocycles. The summed E-state index contributed by atoms with van der Waals surface area (Å²) in [6, 6.07) is 11.3. The van der Waals surface area contributed by atoms with E-state index in [0.717, 1.165) is 19.3 Å². The summed E-state index contributed by atoms with van der Waals surface area (Å²) in [5.41, 5.74) is 3.36. The molecule has 0 spiro atoms. The van der Waals surface area contributed by atoms with E-state index in [1.165, 1.54) is 31.9 Å². The van der Waals surface area contributed by atoms with Crippen molar-refractivity contribution in [1.29, 1.82) is 0 Å². The Hall–Kier alpha value is -3.39. The monoisotopic (exact) mass is 529 g/mol. The molecule has 0 aliphatic heterocycles. The molecule has 0 saturated heterocycles. The highest BCUT2D eigenvalue weighted by molar-refractivity contribution is 6.30. The van der Waals surface area contributed by atoms with Crippen molar-refractivity contribution in [3.63, 3.8) is 0 Å². The van der Waals surface area contributed by atoms with E-state index in [1.54, 1.807) is 42.5 Å². The van der Waals surface area contributed by atoms with Crippen molar-refractivity contribution in [1.82, 2.24) is 10.7 Å². The van der Waals surface area contributed by atoms with Crippen LogP contribution < -0.4 is 20.2 Å². The molecule has 2 aromatic rings. The van der Waals surface area contributed by atoms with Crippen molar-refractivity contribution in [2.75, 3.05) is 13.2 Å². The van der Waals surface area contributed by atoms with Gasteiger partial charge in [0.2, 0.25) is 5.91 Å². The molecule has 2 rings (SSSR count). The SMILES string of the molecule is CCCCCCCCCC(=O)NCC(=O)N/N=C\c1ccc(OC(=O)c2ccc(Cl)cc2)c(OCC)c1. The molecule has 9 heteroatoms. The first-order valence-corrected chi connectivity index (χ1v) is 13.1. The average Bonchev–Trinajstić information content (AvgIpc) is 2.89. The fourth-order valence-electron chi connectivity index (χ4n) is 3.43. The lowest BCUT2D eigenvalue weighted by molar-refractivity contribution is -0.126. The number of carbonyl (C=O) groups excluding carboxylic acids is 3. The summed E-state index contributed by atoms with van der Waals surface area (Å²) < 4.78 is 11.1. The smallest absolute Gasteiger partial charge is 0.343 e. The molecule has 0 unspecified atom stereocenters. The van der Waals surface area contributed by atoms with Gasteiger partial charge in [0.05, 0.1) is 24.9 Å². The number of carbonyl (C=O) groups is 3. The summed E-state index contributed by atoms with van der Waals surface area (Å²) in [6.45, 7) is 4.22. The van der Waals surface area contributed by atoms with Crippen molar-refractivity contribution >= 4 is 35.6 Å². The van der Waals surface area contributed by atoms with Gasteiger partial charge in [-0.15, -0.1) is 0 Å². The Labute approximate surface area is 223 Å². The predicted octanol–water partition coefficient (Wildman–Crippen LogP) is 5.66. The Morgan fingerprint density at radius 2 is 1.59 bits per heavy atom. The quantitative estimate of drug-likeness (QED) is 0.0958. The number of esters is 1. The first-order chi connectivity index (χ1) is 17.9. The number of amides is 2. The van der Waals surface area contributed by atoms with Crippen molar-refractivity contribution in [2.24, 2.45) is 5.10 Å².